The molecule has 1 aromatic heterocycles. The lowest BCUT2D eigenvalue weighted by Gasteiger charge is -2.22. The Labute approximate surface area is 123 Å². The molecule has 108 valence electrons. The Balaban J connectivity index is 2.20. The molecular formula is C15H20FN3S. The number of aromatic nitrogens is 1. The molecule has 0 spiro atoms. The number of anilines is 1. The van der Waals surface area contributed by atoms with Crippen molar-refractivity contribution in [1.29, 1.82) is 0 Å². The Morgan fingerprint density at radius 3 is 2.85 bits per heavy atom. The van der Waals surface area contributed by atoms with Gasteiger partial charge in [-0.3, -0.25) is 0 Å². The van der Waals surface area contributed by atoms with Crippen LogP contribution in [0.1, 0.15) is 23.1 Å². The van der Waals surface area contributed by atoms with E-state index in [1.807, 2.05) is 32.5 Å². The Morgan fingerprint density at radius 1 is 1.40 bits per heavy atom. The van der Waals surface area contributed by atoms with Crippen molar-refractivity contribution in [3.05, 3.63) is 45.7 Å². The van der Waals surface area contributed by atoms with Gasteiger partial charge in [-0.05, 0) is 37.2 Å². The smallest absolute Gasteiger partial charge is 0.123 e. The summed E-state index contributed by atoms with van der Waals surface area (Å²) in [5.74, 6) is -0.191. The molecule has 0 saturated heterocycles. The molecule has 0 atom stereocenters. The zero-order valence-corrected chi connectivity index (χ0v) is 12.9. The van der Waals surface area contributed by atoms with Crippen LogP contribution in [0.2, 0.25) is 0 Å². The van der Waals surface area contributed by atoms with Gasteiger partial charge < -0.3 is 10.2 Å². The third-order valence-electron chi connectivity index (χ3n) is 3.24. The van der Waals surface area contributed by atoms with Crippen LogP contribution in [0, 0.1) is 12.7 Å². The summed E-state index contributed by atoms with van der Waals surface area (Å²) in [6.45, 7) is 6.40. The van der Waals surface area contributed by atoms with Gasteiger partial charge in [-0.15, -0.1) is 11.3 Å². The molecule has 1 heterocycles. The Kier molecular flexibility index (Phi) is 5.09. The summed E-state index contributed by atoms with van der Waals surface area (Å²) >= 11 is 1.66. The van der Waals surface area contributed by atoms with E-state index in [0.717, 1.165) is 30.0 Å². The van der Waals surface area contributed by atoms with Crippen LogP contribution in [-0.2, 0) is 13.1 Å². The monoisotopic (exact) mass is 293 g/mol. The molecule has 1 N–H and O–H groups in total. The van der Waals surface area contributed by atoms with Crippen molar-refractivity contribution in [3.8, 4) is 0 Å². The number of benzene rings is 1. The van der Waals surface area contributed by atoms with Gasteiger partial charge in [0.2, 0.25) is 0 Å². The summed E-state index contributed by atoms with van der Waals surface area (Å²) in [5.41, 5.74) is 4.97. The average Bonchev–Trinajstić information content (AvgIpc) is 2.82. The Bertz CT molecular complexity index is 568. The first-order chi connectivity index (χ1) is 9.61. The van der Waals surface area contributed by atoms with Gasteiger partial charge in [0.25, 0.3) is 0 Å². The summed E-state index contributed by atoms with van der Waals surface area (Å²) in [6.07, 6.45) is 0. The number of nitrogens with one attached hydrogen (secondary N) is 1. The first-order valence-corrected chi connectivity index (χ1v) is 7.59. The van der Waals surface area contributed by atoms with E-state index >= 15 is 0 Å². The van der Waals surface area contributed by atoms with E-state index in [-0.39, 0.29) is 5.82 Å². The lowest BCUT2D eigenvalue weighted by molar-refractivity contribution is 0.621. The zero-order valence-electron chi connectivity index (χ0n) is 12.1. The number of nitrogens with zero attached hydrogens (tertiary/aromatic N) is 2. The second kappa shape index (κ2) is 6.81. The fraction of sp³-hybridized carbons (Fsp3) is 0.400. The predicted octanol–water partition coefficient (Wildman–Crippen LogP) is 3.34. The minimum Gasteiger partial charge on any atom is -0.369 e. The summed E-state index contributed by atoms with van der Waals surface area (Å²) in [4.78, 5) is 7.66. The van der Waals surface area contributed by atoms with Crippen LogP contribution in [0.4, 0.5) is 10.1 Å². The molecule has 0 aliphatic carbocycles. The minimum absolute atomic E-state index is 0.191. The Morgan fingerprint density at radius 2 is 2.20 bits per heavy atom. The van der Waals surface area contributed by atoms with Crippen molar-refractivity contribution in [1.82, 2.24) is 10.3 Å². The summed E-state index contributed by atoms with van der Waals surface area (Å²) in [7, 11) is 2.03. The number of aryl methyl sites for hydroxylation is 1. The maximum atomic E-state index is 13.4. The van der Waals surface area contributed by atoms with Crippen LogP contribution < -0.4 is 10.2 Å². The van der Waals surface area contributed by atoms with Crippen molar-refractivity contribution < 1.29 is 4.39 Å². The molecule has 0 saturated carbocycles. The molecule has 2 aromatic rings. The topological polar surface area (TPSA) is 28.2 Å². The number of hydrogen-bond acceptors (Lipinski definition) is 4. The van der Waals surface area contributed by atoms with Crippen molar-refractivity contribution >= 4 is 17.0 Å². The highest BCUT2D eigenvalue weighted by Crippen LogP contribution is 2.24. The number of thiazole rings is 1. The van der Waals surface area contributed by atoms with Gasteiger partial charge in [0.15, 0.2) is 0 Å². The molecule has 0 radical (unpaired) electrons. The molecule has 0 bridgehead atoms. The van der Waals surface area contributed by atoms with E-state index in [0.29, 0.717) is 6.54 Å². The van der Waals surface area contributed by atoms with Crippen molar-refractivity contribution in [2.45, 2.75) is 26.9 Å². The number of rotatable bonds is 6. The standard InChI is InChI=1S/C15H20FN3S/c1-4-17-8-12-7-13(16)5-6-14(12)19(3)9-15-11(2)18-10-20-15/h5-7,10,17H,4,8-9H2,1-3H3. The van der Waals surface area contributed by atoms with Gasteiger partial charge in [-0.1, -0.05) is 6.92 Å². The van der Waals surface area contributed by atoms with Gasteiger partial charge in [0, 0.05) is 24.2 Å². The third kappa shape index (κ3) is 3.55. The van der Waals surface area contributed by atoms with Crippen molar-refractivity contribution in [3.63, 3.8) is 0 Å². The molecule has 0 amide bonds. The maximum absolute atomic E-state index is 13.4. The quantitative estimate of drug-likeness (QED) is 0.885. The normalized spacial score (nSPS) is 10.8. The predicted molar refractivity (Wildman–Crippen MR) is 82.7 cm³/mol. The summed E-state index contributed by atoms with van der Waals surface area (Å²) in [5, 5.41) is 3.25. The van der Waals surface area contributed by atoms with E-state index in [9.17, 15) is 4.39 Å². The highest BCUT2D eigenvalue weighted by atomic mass is 32.1. The van der Waals surface area contributed by atoms with E-state index in [2.05, 4.69) is 15.2 Å². The molecule has 3 nitrogen and oxygen atoms in total. The fourth-order valence-electron chi connectivity index (χ4n) is 2.11. The third-order valence-corrected chi connectivity index (χ3v) is 4.16. The largest absolute Gasteiger partial charge is 0.369 e. The first kappa shape index (κ1) is 14.9. The highest BCUT2D eigenvalue weighted by Gasteiger charge is 2.11. The molecule has 0 unspecified atom stereocenters. The highest BCUT2D eigenvalue weighted by molar-refractivity contribution is 7.09. The van der Waals surface area contributed by atoms with Crippen LogP contribution in [-0.4, -0.2) is 18.6 Å². The average molecular weight is 293 g/mol. The van der Waals surface area contributed by atoms with Crippen LogP contribution in [0.15, 0.2) is 23.7 Å². The SMILES string of the molecule is CCNCc1cc(F)ccc1N(C)Cc1scnc1C. The van der Waals surface area contributed by atoms with Gasteiger partial charge in [-0.25, -0.2) is 9.37 Å². The molecule has 2 rings (SSSR count). The van der Waals surface area contributed by atoms with Gasteiger partial charge in [-0.2, -0.15) is 0 Å². The molecule has 20 heavy (non-hydrogen) atoms. The number of halogens is 1. The van der Waals surface area contributed by atoms with E-state index in [1.165, 1.54) is 10.9 Å². The van der Waals surface area contributed by atoms with E-state index in [4.69, 9.17) is 0 Å². The van der Waals surface area contributed by atoms with Gasteiger partial charge >= 0.3 is 0 Å². The van der Waals surface area contributed by atoms with Crippen molar-refractivity contribution in [2.24, 2.45) is 0 Å². The molecule has 0 fully saturated rings. The summed E-state index contributed by atoms with van der Waals surface area (Å²) in [6, 6.07) is 4.97. The van der Waals surface area contributed by atoms with E-state index in [1.54, 1.807) is 17.4 Å². The first-order valence-electron chi connectivity index (χ1n) is 6.71. The molecular weight excluding hydrogens is 273 g/mol. The molecule has 1 aromatic carbocycles. The zero-order chi connectivity index (χ0) is 14.5. The van der Waals surface area contributed by atoms with Crippen LogP contribution >= 0.6 is 11.3 Å². The fourth-order valence-corrected chi connectivity index (χ4v) is 2.94. The van der Waals surface area contributed by atoms with E-state index < -0.39 is 0 Å². The molecule has 0 aliphatic rings. The summed E-state index contributed by atoms with van der Waals surface area (Å²) < 4.78 is 13.4. The Hall–Kier alpha value is -1.46. The van der Waals surface area contributed by atoms with Crippen LogP contribution in [0.5, 0.6) is 0 Å². The van der Waals surface area contributed by atoms with Crippen LogP contribution in [0.3, 0.4) is 0 Å². The van der Waals surface area contributed by atoms with Crippen LogP contribution in [0.25, 0.3) is 0 Å². The van der Waals surface area contributed by atoms with Gasteiger partial charge in [0.05, 0.1) is 17.7 Å². The second-order valence-corrected chi connectivity index (χ2v) is 5.71. The lowest BCUT2D eigenvalue weighted by Crippen LogP contribution is -2.20. The maximum Gasteiger partial charge on any atom is 0.123 e. The molecule has 5 heteroatoms. The number of hydrogen-bond donors (Lipinski definition) is 1. The minimum atomic E-state index is -0.191. The molecule has 0 aliphatic heterocycles. The second-order valence-electron chi connectivity index (χ2n) is 4.77. The van der Waals surface area contributed by atoms with Crippen molar-refractivity contribution in [2.75, 3.05) is 18.5 Å². The lowest BCUT2D eigenvalue weighted by atomic mass is 10.1. The van der Waals surface area contributed by atoms with Gasteiger partial charge in [0.1, 0.15) is 5.82 Å².